The zero-order chi connectivity index (χ0) is 39.2. The number of ether oxygens (including phenoxy) is 4. The lowest BCUT2D eigenvalue weighted by atomic mass is 9.55. The molecule has 7 atom stereocenters. The number of aliphatic hydroxyl groups is 1. The summed E-state index contributed by atoms with van der Waals surface area (Å²) in [6.45, 7) is 0. The van der Waals surface area contributed by atoms with E-state index in [-0.39, 0.29) is 35.1 Å². The fraction of sp³-hybridized carbons (Fsp3) is 0.289. The Labute approximate surface area is 305 Å². The molecule has 0 saturated heterocycles. The highest BCUT2D eigenvalue weighted by Crippen LogP contribution is 2.65. The van der Waals surface area contributed by atoms with E-state index in [1.54, 1.807) is 0 Å². The lowest BCUT2D eigenvalue weighted by Crippen LogP contribution is -2.57. The highest BCUT2D eigenvalue weighted by atomic mass is 16.6. The molecule has 4 aliphatic carbocycles. The number of phenols is 6. The number of methoxy groups -OCH3 is 2. The van der Waals surface area contributed by atoms with E-state index in [1.165, 1.54) is 30.3 Å². The van der Waals surface area contributed by atoms with Gasteiger partial charge in [-0.3, -0.25) is 9.59 Å². The van der Waals surface area contributed by atoms with Gasteiger partial charge in [0.25, 0.3) is 0 Å². The van der Waals surface area contributed by atoms with Gasteiger partial charge in [0.2, 0.25) is 12.2 Å². The van der Waals surface area contributed by atoms with Crippen molar-refractivity contribution in [2.75, 3.05) is 14.2 Å². The number of aromatic hydroxyl groups is 6. The number of allylic oxidation sites excluding steroid dienone is 2. The van der Waals surface area contributed by atoms with Crippen LogP contribution in [0.15, 0.2) is 72.3 Å². The van der Waals surface area contributed by atoms with Crippen LogP contribution in [-0.4, -0.2) is 91.8 Å². The number of carbonyl (C=O) groups excluding carboxylic acids is 5. The van der Waals surface area contributed by atoms with Crippen LogP contribution < -0.4 is 0 Å². The fourth-order valence-corrected chi connectivity index (χ4v) is 7.48. The summed E-state index contributed by atoms with van der Waals surface area (Å²) in [6, 6.07) is 9.57. The van der Waals surface area contributed by atoms with Crippen LogP contribution >= 0.6 is 0 Å². The monoisotopic (exact) mass is 746 g/mol. The van der Waals surface area contributed by atoms with E-state index in [1.807, 2.05) is 0 Å². The van der Waals surface area contributed by atoms with Gasteiger partial charge >= 0.3 is 23.9 Å². The molecule has 16 heteroatoms. The van der Waals surface area contributed by atoms with Crippen molar-refractivity contribution in [3.8, 4) is 34.5 Å². The minimum Gasteiger partial charge on any atom is -0.504 e. The predicted molar refractivity (Wildman–Crippen MR) is 180 cm³/mol. The van der Waals surface area contributed by atoms with Gasteiger partial charge in [-0.25, -0.2) is 14.4 Å². The summed E-state index contributed by atoms with van der Waals surface area (Å²) in [7, 11) is 2.12. The van der Waals surface area contributed by atoms with Crippen molar-refractivity contribution in [2.24, 2.45) is 17.8 Å². The Morgan fingerprint density at radius 3 is 1.80 bits per heavy atom. The number of hydrogen-bond donors (Lipinski definition) is 7. The average molecular weight is 747 g/mol. The fourth-order valence-electron chi connectivity index (χ4n) is 7.48. The third-order valence-corrected chi connectivity index (χ3v) is 9.97. The summed E-state index contributed by atoms with van der Waals surface area (Å²) in [6.07, 6.45) is -0.174. The van der Waals surface area contributed by atoms with E-state index in [9.17, 15) is 59.7 Å². The Hall–Kier alpha value is -6.55. The number of carbonyl (C=O) groups is 5. The normalized spacial score (nSPS) is 23.2. The first-order valence-corrected chi connectivity index (χ1v) is 16.4. The Bertz CT molecular complexity index is 2130. The second-order valence-electron chi connectivity index (χ2n) is 13.1. The molecule has 7 unspecified atom stereocenters. The maximum atomic E-state index is 14.3. The maximum Gasteiger partial charge on any atom is 0.347 e. The van der Waals surface area contributed by atoms with E-state index in [4.69, 9.17) is 18.9 Å². The molecule has 0 aromatic heterocycles. The van der Waals surface area contributed by atoms with Gasteiger partial charge in [-0.15, -0.1) is 0 Å². The van der Waals surface area contributed by atoms with Crippen LogP contribution in [0.4, 0.5) is 0 Å². The van der Waals surface area contributed by atoms with E-state index >= 15 is 0 Å². The van der Waals surface area contributed by atoms with Crippen molar-refractivity contribution in [3.63, 3.8) is 0 Å². The molecule has 4 bridgehead atoms. The first-order valence-electron chi connectivity index (χ1n) is 16.4. The van der Waals surface area contributed by atoms with Crippen LogP contribution in [0.25, 0.3) is 0 Å². The summed E-state index contributed by atoms with van der Waals surface area (Å²) in [4.78, 5) is 66.8. The second-order valence-corrected chi connectivity index (χ2v) is 13.1. The van der Waals surface area contributed by atoms with Gasteiger partial charge in [0.15, 0.2) is 45.9 Å². The first-order chi connectivity index (χ1) is 25.6. The van der Waals surface area contributed by atoms with E-state index in [2.05, 4.69) is 0 Å². The zero-order valence-electron chi connectivity index (χ0n) is 28.5. The number of benzene rings is 3. The lowest BCUT2D eigenvalue weighted by molar-refractivity contribution is -0.177. The summed E-state index contributed by atoms with van der Waals surface area (Å²) in [5.41, 5.74) is -1.51. The van der Waals surface area contributed by atoms with E-state index in [0.717, 1.165) is 50.6 Å². The van der Waals surface area contributed by atoms with Crippen LogP contribution in [0, 0.1) is 17.8 Å². The Balaban J connectivity index is 1.32. The number of rotatable bonds is 11. The Morgan fingerprint density at radius 2 is 1.26 bits per heavy atom. The van der Waals surface area contributed by atoms with Crippen molar-refractivity contribution < 1.29 is 78.7 Å². The molecular weight excluding hydrogens is 712 g/mol. The standard InChI is InChI=1S/C38H34O16/c1-51-35(47)28(11-16-3-6-22(39)24(41)9-16)53-30(45)8-5-18-13-21-32-19-14-26(43)27(44)15-20(19)38(21,50)34(46)31(18)33(32)37(49)54-29(36(48)52-2)12-17-4-7-23(40)25(42)10-17/h3-10,13-15,21,28-29,31-33,39-44,50H,11-12H2,1-2H3/b8-5+. The quantitative estimate of drug-likeness (QED) is 0.0638. The van der Waals surface area contributed by atoms with Crippen molar-refractivity contribution in [3.05, 3.63) is 94.6 Å². The predicted octanol–water partition coefficient (Wildman–Crippen LogP) is 1.79. The van der Waals surface area contributed by atoms with E-state index in [0.29, 0.717) is 5.56 Å². The molecule has 1 saturated carbocycles. The van der Waals surface area contributed by atoms with Crippen molar-refractivity contribution >= 4 is 29.7 Å². The third-order valence-electron chi connectivity index (χ3n) is 9.97. The summed E-state index contributed by atoms with van der Waals surface area (Å²) in [5.74, 6) is -13.2. The van der Waals surface area contributed by atoms with E-state index < -0.39 is 106 Å². The van der Waals surface area contributed by atoms with Crippen molar-refractivity contribution in [1.29, 1.82) is 0 Å². The van der Waals surface area contributed by atoms with Gasteiger partial charge in [-0.1, -0.05) is 24.3 Å². The maximum absolute atomic E-state index is 14.3. The number of ketones is 1. The molecule has 7 rings (SSSR count). The SMILES string of the molecule is COC(=O)C(Cc1ccc(O)c(O)c1)OC(=O)/C=C/C1=CC2C3c4cc(O)c(O)cc4C2(O)C(=O)C1C3C(=O)OC(Cc1ccc(O)c(O)c1)C(=O)OC. The molecule has 0 amide bonds. The molecule has 54 heavy (non-hydrogen) atoms. The molecule has 282 valence electrons. The number of Topliss-reactive ketones (excluding diaryl/α,β-unsaturated/α-hetero) is 1. The highest BCUT2D eigenvalue weighted by Gasteiger charge is 2.69. The number of fused-ring (bicyclic) bond motifs is 1. The Morgan fingerprint density at radius 1 is 0.741 bits per heavy atom. The van der Waals surface area contributed by atoms with Gasteiger partial charge in [0, 0.05) is 30.8 Å². The number of phenolic OH excluding ortho intramolecular Hbond substituents is 6. The summed E-state index contributed by atoms with van der Waals surface area (Å²) in [5, 5.41) is 71.7. The topological polar surface area (TPSA) is 264 Å². The Kier molecular flexibility index (Phi) is 9.73. The summed E-state index contributed by atoms with van der Waals surface area (Å²) >= 11 is 0. The van der Waals surface area contributed by atoms with Crippen LogP contribution in [0.3, 0.4) is 0 Å². The smallest absolute Gasteiger partial charge is 0.347 e. The van der Waals surface area contributed by atoms with Gasteiger partial charge in [-0.2, -0.15) is 0 Å². The van der Waals surface area contributed by atoms with Gasteiger partial charge in [0.1, 0.15) is 0 Å². The van der Waals surface area contributed by atoms with Crippen LogP contribution in [0.5, 0.6) is 34.5 Å². The molecule has 4 aliphatic rings. The van der Waals surface area contributed by atoms with Gasteiger partial charge in [0.05, 0.1) is 26.1 Å². The molecule has 3 aromatic rings. The van der Waals surface area contributed by atoms with Gasteiger partial charge in [-0.05, 0) is 64.2 Å². The van der Waals surface area contributed by atoms with Crippen LogP contribution in [0.2, 0.25) is 0 Å². The molecule has 0 radical (unpaired) electrons. The third kappa shape index (κ3) is 6.40. The zero-order valence-corrected chi connectivity index (χ0v) is 28.5. The lowest BCUT2D eigenvalue weighted by Gasteiger charge is -2.48. The van der Waals surface area contributed by atoms with Crippen molar-refractivity contribution in [2.45, 2.75) is 36.6 Å². The second kappa shape index (κ2) is 14.1. The molecular formula is C38H34O16. The molecule has 16 nitrogen and oxygen atoms in total. The number of esters is 4. The highest BCUT2D eigenvalue weighted by molar-refractivity contribution is 6.03. The molecule has 3 aromatic carbocycles. The molecule has 0 heterocycles. The average Bonchev–Trinajstić information content (AvgIpc) is 3.34. The molecule has 7 N–H and O–H groups in total. The minimum atomic E-state index is -2.26. The number of hydrogen-bond acceptors (Lipinski definition) is 16. The van der Waals surface area contributed by atoms with Crippen LogP contribution in [-0.2, 0) is 61.4 Å². The van der Waals surface area contributed by atoms with Crippen molar-refractivity contribution in [1.82, 2.24) is 0 Å². The molecule has 1 fully saturated rings. The minimum absolute atomic E-state index is 0.0536. The van der Waals surface area contributed by atoms with Crippen LogP contribution in [0.1, 0.15) is 28.2 Å². The molecule has 0 spiro atoms. The van der Waals surface area contributed by atoms with Gasteiger partial charge < -0.3 is 54.7 Å². The first kappa shape index (κ1) is 37.2. The largest absolute Gasteiger partial charge is 0.504 e. The summed E-state index contributed by atoms with van der Waals surface area (Å²) < 4.78 is 20.6. The molecule has 0 aliphatic heterocycles.